The number of ether oxygens (including phenoxy) is 1. The van der Waals surface area contributed by atoms with E-state index in [4.69, 9.17) is 16.3 Å². The topological polar surface area (TPSA) is 80.6 Å². The van der Waals surface area contributed by atoms with E-state index >= 15 is 0 Å². The zero-order valence-corrected chi connectivity index (χ0v) is 20.3. The molecule has 3 aromatic rings. The van der Waals surface area contributed by atoms with Crippen LogP contribution in [0.5, 0.6) is 0 Å². The van der Waals surface area contributed by atoms with Crippen LogP contribution in [0.2, 0.25) is 5.02 Å². The number of benzene rings is 1. The molecule has 1 fully saturated rings. The second-order valence-electron chi connectivity index (χ2n) is 9.15. The zero-order valence-electron chi connectivity index (χ0n) is 19.6. The van der Waals surface area contributed by atoms with Crippen molar-refractivity contribution in [1.82, 2.24) is 24.3 Å². The highest BCUT2D eigenvalue weighted by atomic mass is 35.5. The highest BCUT2D eigenvalue weighted by Gasteiger charge is 2.28. The molecule has 1 saturated heterocycles. The first-order valence-electron chi connectivity index (χ1n) is 11.2. The molecule has 0 bridgehead atoms. The van der Waals surface area contributed by atoms with Crippen LogP contribution >= 0.6 is 11.6 Å². The Kier molecular flexibility index (Phi) is 6.88. The van der Waals surface area contributed by atoms with Gasteiger partial charge in [0.2, 0.25) is 5.91 Å². The first-order valence-corrected chi connectivity index (χ1v) is 11.6. The summed E-state index contributed by atoms with van der Waals surface area (Å²) in [5.41, 5.74) is 1.99. The van der Waals surface area contributed by atoms with Crippen molar-refractivity contribution in [3.05, 3.63) is 65.7 Å². The predicted molar refractivity (Wildman–Crippen MR) is 130 cm³/mol. The Labute approximate surface area is 204 Å². The van der Waals surface area contributed by atoms with Gasteiger partial charge >= 0.3 is 6.09 Å². The number of hydrogen-bond donors (Lipinski definition) is 0. The molecule has 9 heteroatoms. The molecule has 0 N–H and O–H groups in total. The van der Waals surface area contributed by atoms with Gasteiger partial charge in [-0.05, 0) is 57.2 Å². The monoisotopic (exact) mass is 481 g/mol. The van der Waals surface area contributed by atoms with Gasteiger partial charge in [0.15, 0.2) is 0 Å². The minimum Gasteiger partial charge on any atom is -0.444 e. The van der Waals surface area contributed by atoms with Gasteiger partial charge in [0.1, 0.15) is 11.4 Å². The maximum Gasteiger partial charge on any atom is 0.410 e. The molecule has 0 spiro atoms. The Morgan fingerprint density at radius 2 is 1.59 bits per heavy atom. The van der Waals surface area contributed by atoms with Gasteiger partial charge in [0.25, 0.3) is 0 Å². The second-order valence-corrected chi connectivity index (χ2v) is 9.58. The van der Waals surface area contributed by atoms with Crippen molar-refractivity contribution in [2.75, 3.05) is 26.2 Å². The number of carbonyl (C=O) groups excluding carboxylic acids is 2. The number of rotatable bonds is 4. The molecule has 8 nitrogen and oxygen atoms in total. The molecule has 0 aliphatic carbocycles. The summed E-state index contributed by atoms with van der Waals surface area (Å²) >= 11 is 6.06. The Hall–Kier alpha value is -3.39. The van der Waals surface area contributed by atoms with Gasteiger partial charge in [-0.2, -0.15) is 0 Å². The largest absolute Gasteiger partial charge is 0.444 e. The lowest BCUT2D eigenvalue weighted by molar-refractivity contribution is -0.132. The zero-order chi connectivity index (χ0) is 24.3. The number of piperazine rings is 1. The fourth-order valence-electron chi connectivity index (χ4n) is 3.83. The van der Waals surface area contributed by atoms with E-state index in [-0.39, 0.29) is 18.4 Å². The highest BCUT2D eigenvalue weighted by molar-refractivity contribution is 6.30. The molecule has 0 unspecified atom stereocenters. The van der Waals surface area contributed by atoms with Gasteiger partial charge in [-0.25, -0.2) is 9.78 Å². The third kappa shape index (κ3) is 5.56. The van der Waals surface area contributed by atoms with Crippen molar-refractivity contribution in [2.24, 2.45) is 0 Å². The Morgan fingerprint density at radius 3 is 2.21 bits per heavy atom. The standard InChI is InChI=1S/C25H28ClN5O3/c1-25(2,3)34-24(33)30-14-12-29(13-15-30)22(32)16-21-17-28-23(18-4-6-19(26)7-5-18)31(21)20-8-10-27-11-9-20/h4-11,17H,12-16H2,1-3H3. The third-order valence-electron chi connectivity index (χ3n) is 5.47. The first kappa shape index (κ1) is 23.8. The maximum atomic E-state index is 13.2. The number of pyridine rings is 1. The fourth-order valence-corrected chi connectivity index (χ4v) is 3.95. The Balaban J connectivity index is 1.50. The van der Waals surface area contributed by atoms with E-state index in [9.17, 15) is 9.59 Å². The average molecular weight is 482 g/mol. The number of halogens is 1. The molecule has 0 radical (unpaired) electrons. The summed E-state index contributed by atoms with van der Waals surface area (Å²) in [7, 11) is 0. The van der Waals surface area contributed by atoms with Crippen LogP contribution in [-0.2, 0) is 16.0 Å². The van der Waals surface area contributed by atoms with Crippen molar-refractivity contribution in [3.8, 4) is 17.1 Å². The molecule has 1 aliphatic rings. The summed E-state index contributed by atoms with van der Waals surface area (Å²) in [6, 6.07) is 11.2. The maximum absolute atomic E-state index is 13.2. The van der Waals surface area contributed by atoms with Crippen molar-refractivity contribution < 1.29 is 14.3 Å². The Morgan fingerprint density at radius 1 is 0.971 bits per heavy atom. The summed E-state index contributed by atoms with van der Waals surface area (Å²) in [5, 5.41) is 0.645. The summed E-state index contributed by atoms with van der Waals surface area (Å²) in [6.45, 7) is 7.34. The van der Waals surface area contributed by atoms with Crippen LogP contribution in [0.1, 0.15) is 26.5 Å². The molecule has 0 saturated carbocycles. The summed E-state index contributed by atoms with van der Waals surface area (Å²) in [6.07, 6.45) is 5.00. The molecule has 34 heavy (non-hydrogen) atoms. The van der Waals surface area contributed by atoms with E-state index in [0.717, 1.165) is 22.8 Å². The number of hydrogen-bond acceptors (Lipinski definition) is 5. The number of nitrogens with zero attached hydrogens (tertiary/aromatic N) is 5. The average Bonchev–Trinajstić information content (AvgIpc) is 3.22. The summed E-state index contributed by atoms with van der Waals surface area (Å²) in [4.78, 5) is 37.6. The molecule has 2 aromatic heterocycles. The number of amides is 2. The van der Waals surface area contributed by atoms with Crippen LogP contribution in [0, 0.1) is 0 Å². The van der Waals surface area contributed by atoms with E-state index in [1.165, 1.54) is 0 Å². The lowest BCUT2D eigenvalue weighted by atomic mass is 10.2. The molecule has 3 heterocycles. The van der Waals surface area contributed by atoms with Crippen molar-refractivity contribution >= 4 is 23.6 Å². The molecular formula is C25H28ClN5O3. The SMILES string of the molecule is CC(C)(C)OC(=O)N1CCN(C(=O)Cc2cnc(-c3ccc(Cl)cc3)n2-c2ccncc2)CC1. The molecular weight excluding hydrogens is 454 g/mol. The minimum absolute atomic E-state index is 0.0123. The molecule has 1 aromatic carbocycles. The molecule has 178 valence electrons. The van der Waals surface area contributed by atoms with E-state index in [2.05, 4.69) is 9.97 Å². The van der Waals surface area contributed by atoms with Gasteiger partial charge in [-0.15, -0.1) is 0 Å². The van der Waals surface area contributed by atoms with Crippen LogP contribution in [0.3, 0.4) is 0 Å². The highest BCUT2D eigenvalue weighted by Crippen LogP contribution is 2.26. The van der Waals surface area contributed by atoms with Crippen LogP contribution in [-0.4, -0.2) is 68.1 Å². The quantitative estimate of drug-likeness (QED) is 0.557. The number of carbonyl (C=O) groups is 2. The Bertz CT molecular complexity index is 1150. The third-order valence-corrected chi connectivity index (χ3v) is 5.73. The van der Waals surface area contributed by atoms with Gasteiger partial charge in [-0.1, -0.05) is 11.6 Å². The normalized spacial score (nSPS) is 14.2. The van der Waals surface area contributed by atoms with E-state index < -0.39 is 5.60 Å². The van der Waals surface area contributed by atoms with Crippen LogP contribution in [0.15, 0.2) is 55.0 Å². The molecule has 0 atom stereocenters. The van der Waals surface area contributed by atoms with Gasteiger partial charge in [0, 0.05) is 55.4 Å². The van der Waals surface area contributed by atoms with E-state index in [1.807, 2.05) is 61.7 Å². The van der Waals surface area contributed by atoms with Crippen LogP contribution in [0.4, 0.5) is 4.79 Å². The molecule has 4 rings (SSSR count). The fraction of sp³-hybridized carbons (Fsp3) is 0.360. The van der Waals surface area contributed by atoms with Crippen LogP contribution in [0.25, 0.3) is 17.1 Å². The first-order chi connectivity index (χ1) is 16.2. The van der Waals surface area contributed by atoms with Gasteiger partial charge in [-0.3, -0.25) is 14.3 Å². The van der Waals surface area contributed by atoms with Crippen LogP contribution < -0.4 is 0 Å². The van der Waals surface area contributed by atoms with Gasteiger partial charge in [0.05, 0.1) is 17.8 Å². The van der Waals surface area contributed by atoms with E-state index in [1.54, 1.807) is 28.4 Å². The van der Waals surface area contributed by atoms with E-state index in [0.29, 0.717) is 31.2 Å². The number of imidazole rings is 1. The summed E-state index contributed by atoms with van der Waals surface area (Å²) < 4.78 is 7.42. The number of aromatic nitrogens is 3. The van der Waals surface area contributed by atoms with Crippen molar-refractivity contribution in [1.29, 1.82) is 0 Å². The summed E-state index contributed by atoms with van der Waals surface area (Å²) in [5.74, 6) is 0.710. The predicted octanol–water partition coefficient (Wildman–Crippen LogP) is 4.21. The second kappa shape index (κ2) is 9.85. The van der Waals surface area contributed by atoms with Crippen molar-refractivity contribution in [2.45, 2.75) is 32.8 Å². The smallest absolute Gasteiger partial charge is 0.410 e. The van der Waals surface area contributed by atoms with Gasteiger partial charge < -0.3 is 14.5 Å². The molecule has 2 amide bonds. The minimum atomic E-state index is -0.544. The molecule has 1 aliphatic heterocycles. The lowest BCUT2D eigenvalue weighted by Gasteiger charge is -2.35. The van der Waals surface area contributed by atoms with Crippen molar-refractivity contribution in [3.63, 3.8) is 0 Å². The lowest BCUT2D eigenvalue weighted by Crippen LogP contribution is -2.52.